The van der Waals surface area contributed by atoms with Crippen molar-refractivity contribution in [1.29, 1.82) is 0 Å². The maximum absolute atomic E-state index is 11.7. The van der Waals surface area contributed by atoms with Gasteiger partial charge in [0, 0.05) is 6.54 Å². The Morgan fingerprint density at radius 3 is 2.00 bits per heavy atom. The third kappa shape index (κ3) is 4.34. The molecule has 0 saturated carbocycles. The molecule has 0 fully saturated rings. The normalized spacial score (nSPS) is 12.1. The molecule has 98 valence electrons. The van der Waals surface area contributed by atoms with Crippen LogP contribution < -0.4 is 5.32 Å². The van der Waals surface area contributed by atoms with E-state index in [2.05, 4.69) is 29.6 Å². The largest absolute Gasteiger partial charge is 0.303 e. The SMILES string of the molecule is CC(=O)C(Cc1ccccc1)NCc1ccccc1. The zero-order valence-corrected chi connectivity index (χ0v) is 11.2. The lowest BCUT2D eigenvalue weighted by Crippen LogP contribution is -2.36. The van der Waals surface area contributed by atoms with Crippen molar-refractivity contribution in [3.8, 4) is 0 Å². The number of carbonyl (C=O) groups excluding carboxylic acids is 1. The number of hydrogen-bond acceptors (Lipinski definition) is 2. The molecule has 1 atom stereocenters. The van der Waals surface area contributed by atoms with Gasteiger partial charge in [0.2, 0.25) is 0 Å². The molecule has 0 aliphatic carbocycles. The molecule has 0 bridgehead atoms. The van der Waals surface area contributed by atoms with Gasteiger partial charge in [0.05, 0.1) is 6.04 Å². The Labute approximate surface area is 114 Å². The summed E-state index contributed by atoms with van der Waals surface area (Å²) in [4.78, 5) is 11.7. The van der Waals surface area contributed by atoms with Gasteiger partial charge in [-0.1, -0.05) is 60.7 Å². The second-order valence-electron chi connectivity index (χ2n) is 4.72. The summed E-state index contributed by atoms with van der Waals surface area (Å²) in [5.41, 5.74) is 2.38. The highest BCUT2D eigenvalue weighted by Gasteiger charge is 2.13. The zero-order chi connectivity index (χ0) is 13.5. The zero-order valence-electron chi connectivity index (χ0n) is 11.2. The fraction of sp³-hybridized carbons (Fsp3) is 0.235. The van der Waals surface area contributed by atoms with Gasteiger partial charge < -0.3 is 5.32 Å². The van der Waals surface area contributed by atoms with E-state index in [9.17, 15) is 4.79 Å². The second kappa shape index (κ2) is 6.86. The van der Waals surface area contributed by atoms with Gasteiger partial charge in [-0.05, 0) is 24.5 Å². The van der Waals surface area contributed by atoms with E-state index in [4.69, 9.17) is 0 Å². The van der Waals surface area contributed by atoms with E-state index in [1.807, 2.05) is 36.4 Å². The standard InChI is InChI=1S/C17H19NO/c1-14(19)17(12-15-8-4-2-5-9-15)18-13-16-10-6-3-7-11-16/h2-11,17-18H,12-13H2,1H3. The van der Waals surface area contributed by atoms with Gasteiger partial charge in [-0.3, -0.25) is 4.79 Å². The van der Waals surface area contributed by atoms with Crippen LogP contribution in [0.3, 0.4) is 0 Å². The lowest BCUT2D eigenvalue weighted by molar-refractivity contribution is -0.119. The Bertz CT molecular complexity index is 507. The molecule has 1 unspecified atom stereocenters. The van der Waals surface area contributed by atoms with Crippen molar-refractivity contribution in [2.75, 3.05) is 0 Å². The first-order valence-corrected chi connectivity index (χ1v) is 6.57. The lowest BCUT2D eigenvalue weighted by Gasteiger charge is -2.16. The van der Waals surface area contributed by atoms with E-state index in [-0.39, 0.29) is 11.8 Å². The van der Waals surface area contributed by atoms with Crippen LogP contribution in [0.2, 0.25) is 0 Å². The van der Waals surface area contributed by atoms with Gasteiger partial charge in [0.25, 0.3) is 0 Å². The maximum Gasteiger partial charge on any atom is 0.147 e. The monoisotopic (exact) mass is 253 g/mol. The van der Waals surface area contributed by atoms with Gasteiger partial charge in [0.15, 0.2) is 0 Å². The Morgan fingerprint density at radius 2 is 1.47 bits per heavy atom. The number of hydrogen-bond donors (Lipinski definition) is 1. The van der Waals surface area contributed by atoms with E-state index in [1.165, 1.54) is 11.1 Å². The summed E-state index contributed by atoms with van der Waals surface area (Å²) in [5, 5.41) is 3.33. The summed E-state index contributed by atoms with van der Waals surface area (Å²) in [7, 11) is 0. The van der Waals surface area contributed by atoms with Gasteiger partial charge >= 0.3 is 0 Å². The van der Waals surface area contributed by atoms with Gasteiger partial charge in [0.1, 0.15) is 5.78 Å². The molecule has 0 aliphatic rings. The molecule has 0 heterocycles. The van der Waals surface area contributed by atoms with Crippen LogP contribution in [0.4, 0.5) is 0 Å². The van der Waals surface area contributed by atoms with Crippen molar-refractivity contribution >= 4 is 5.78 Å². The number of ketones is 1. The number of nitrogens with one attached hydrogen (secondary N) is 1. The van der Waals surface area contributed by atoms with Crippen LogP contribution in [0.5, 0.6) is 0 Å². The summed E-state index contributed by atoms with van der Waals surface area (Å²) in [6.07, 6.45) is 0.739. The first-order chi connectivity index (χ1) is 9.25. The average molecular weight is 253 g/mol. The van der Waals surface area contributed by atoms with E-state index in [0.29, 0.717) is 0 Å². The first kappa shape index (κ1) is 13.5. The molecule has 0 aliphatic heterocycles. The second-order valence-corrected chi connectivity index (χ2v) is 4.72. The van der Waals surface area contributed by atoms with Gasteiger partial charge in [-0.2, -0.15) is 0 Å². The summed E-state index contributed by atoms with van der Waals surface area (Å²) in [5.74, 6) is 0.180. The summed E-state index contributed by atoms with van der Waals surface area (Å²) in [6.45, 7) is 2.36. The molecular weight excluding hydrogens is 234 g/mol. The van der Waals surface area contributed by atoms with E-state index >= 15 is 0 Å². The average Bonchev–Trinajstić information content (AvgIpc) is 2.45. The maximum atomic E-state index is 11.7. The first-order valence-electron chi connectivity index (χ1n) is 6.57. The van der Waals surface area contributed by atoms with Crippen molar-refractivity contribution < 1.29 is 4.79 Å². The van der Waals surface area contributed by atoms with Crippen molar-refractivity contribution in [2.45, 2.75) is 25.9 Å². The predicted octanol–water partition coefficient (Wildman–Crippen LogP) is 2.98. The molecule has 2 nitrogen and oxygen atoms in total. The van der Waals surface area contributed by atoms with Crippen LogP contribution in [0.15, 0.2) is 60.7 Å². The topological polar surface area (TPSA) is 29.1 Å². The number of carbonyl (C=O) groups is 1. The van der Waals surface area contributed by atoms with Crippen LogP contribution >= 0.6 is 0 Å². The fourth-order valence-electron chi connectivity index (χ4n) is 2.05. The molecule has 19 heavy (non-hydrogen) atoms. The highest BCUT2D eigenvalue weighted by Crippen LogP contribution is 2.05. The lowest BCUT2D eigenvalue weighted by atomic mass is 10.0. The van der Waals surface area contributed by atoms with Crippen molar-refractivity contribution in [3.05, 3.63) is 71.8 Å². The highest BCUT2D eigenvalue weighted by atomic mass is 16.1. The summed E-state index contributed by atoms with van der Waals surface area (Å²) >= 11 is 0. The van der Waals surface area contributed by atoms with Crippen LogP contribution in [-0.4, -0.2) is 11.8 Å². The number of Topliss-reactive ketones (excluding diaryl/α,β-unsaturated/α-hetero) is 1. The molecule has 2 aromatic carbocycles. The molecule has 2 heteroatoms. The predicted molar refractivity (Wildman–Crippen MR) is 77.9 cm³/mol. The Balaban J connectivity index is 1.95. The van der Waals surface area contributed by atoms with Crippen molar-refractivity contribution in [3.63, 3.8) is 0 Å². The molecule has 0 aromatic heterocycles. The van der Waals surface area contributed by atoms with Crippen LogP contribution in [0.25, 0.3) is 0 Å². The molecule has 2 aromatic rings. The molecule has 1 N–H and O–H groups in total. The Kier molecular flexibility index (Phi) is 4.87. The quantitative estimate of drug-likeness (QED) is 0.857. The fourth-order valence-corrected chi connectivity index (χ4v) is 2.05. The van der Waals surface area contributed by atoms with E-state index in [1.54, 1.807) is 6.92 Å². The molecular formula is C17H19NO. The highest BCUT2D eigenvalue weighted by molar-refractivity contribution is 5.81. The molecule has 2 rings (SSSR count). The molecule has 0 spiro atoms. The molecule has 0 amide bonds. The van der Waals surface area contributed by atoms with Crippen LogP contribution in [-0.2, 0) is 17.8 Å². The van der Waals surface area contributed by atoms with Crippen molar-refractivity contribution in [2.24, 2.45) is 0 Å². The van der Waals surface area contributed by atoms with Gasteiger partial charge in [-0.25, -0.2) is 0 Å². The van der Waals surface area contributed by atoms with E-state index < -0.39 is 0 Å². The van der Waals surface area contributed by atoms with Crippen molar-refractivity contribution in [1.82, 2.24) is 5.32 Å². The van der Waals surface area contributed by atoms with E-state index in [0.717, 1.165) is 13.0 Å². The Morgan fingerprint density at radius 1 is 0.947 bits per heavy atom. The molecule has 0 saturated heterocycles. The summed E-state index contributed by atoms with van der Waals surface area (Å²) in [6, 6.07) is 20.1. The number of benzene rings is 2. The smallest absolute Gasteiger partial charge is 0.147 e. The van der Waals surface area contributed by atoms with Gasteiger partial charge in [-0.15, -0.1) is 0 Å². The Hall–Kier alpha value is -1.93. The third-order valence-corrected chi connectivity index (χ3v) is 3.17. The summed E-state index contributed by atoms with van der Waals surface area (Å²) < 4.78 is 0. The minimum Gasteiger partial charge on any atom is -0.303 e. The third-order valence-electron chi connectivity index (χ3n) is 3.17. The molecule has 0 radical (unpaired) electrons. The van der Waals surface area contributed by atoms with Crippen LogP contribution in [0, 0.1) is 0 Å². The minimum atomic E-state index is -0.123. The minimum absolute atomic E-state index is 0.123. The van der Waals surface area contributed by atoms with Crippen LogP contribution in [0.1, 0.15) is 18.1 Å². The number of rotatable bonds is 6.